The molecule has 0 aliphatic carbocycles. The van der Waals surface area contributed by atoms with Crippen LogP contribution in [-0.4, -0.2) is 61.0 Å². The van der Waals surface area contributed by atoms with E-state index in [1.165, 1.54) is 0 Å². The van der Waals surface area contributed by atoms with Crippen molar-refractivity contribution in [3.8, 4) is 5.75 Å². The number of carboxylic acid groups (broad SMARTS) is 1. The van der Waals surface area contributed by atoms with Gasteiger partial charge in [-0.1, -0.05) is 53.0 Å². The Kier molecular flexibility index (Phi) is 13.9. The zero-order valence-corrected chi connectivity index (χ0v) is 25.5. The zero-order valence-electron chi connectivity index (χ0n) is 24.0. The van der Waals surface area contributed by atoms with Crippen LogP contribution in [0.5, 0.6) is 5.75 Å². The number of carbonyl (C=O) groups is 2. The van der Waals surface area contributed by atoms with E-state index in [1.807, 2.05) is 55.5 Å². The lowest BCUT2D eigenvalue weighted by Gasteiger charge is -2.23. The summed E-state index contributed by atoms with van der Waals surface area (Å²) in [5.74, 6) is -0.353. The van der Waals surface area contributed by atoms with Gasteiger partial charge in [0.1, 0.15) is 12.4 Å². The molecular formula is C32H38Cl2N2O6. The number of rotatable bonds is 17. The Morgan fingerprint density at radius 1 is 0.905 bits per heavy atom. The number of aryl methyl sites for hydroxylation is 1. The molecule has 10 heteroatoms. The monoisotopic (exact) mass is 616 g/mol. The smallest absolute Gasteiger partial charge is 0.333 e. The normalized spacial score (nSPS) is 11.6. The fourth-order valence-corrected chi connectivity index (χ4v) is 4.74. The molecule has 0 aliphatic rings. The number of nitrogens with zero attached hydrogens (tertiary/aromatic N) is 1. The van der Waals surface area contributed by atoms with Gasteiger partial charge < -0.3 is 29.5 Å². The standard InChI is InChI=1S/C32H38Cl2N2O6/c1-3-41-30(31(37)38)20-24-8-12-29(13-9-24)42-17-15-36(32(39)35-28-10-6-23(2)7-11-28)14-4-5-16-40-22-25-18-26(33)21-27(34)19-25/h6-13,18-19,21,30H,3-5,14-17,20,22H2,1-2H3,(H,35,39)(H,37,38). The number of ether oxygens (including phenoxy) is 3. The van der Waals surface area contributed by atoms with E-state index >= 15 is 0 Å². The molecule has 2 N–H and O–H groups in total. The fourth-order valence-electron chi connectivity index (χ4n) is 4.17. The Morgan fingerprint density at radius 2 is 1.60 bits per heavy atom. The third kappa shape index (κ3) is 11.9. The summed E-state index contributed by atoms with van der Waals surface area (Å²) in [6.07, 6.45) is 0.900. The van der Waals surface area contributed by atoms with Crippen LogP contribution in [0.4, 0.5) is 10.5 Å². The van der Waals surface area contributed by atoms with Crippen molar-refractivity contribution in [3.05, 3.63) is 93.5 Å². The van der Waals surface area contributed by atoms with Crippen LogP contribution in [0.15, 0.2) is 66.7 Å². The molecule has 3 aromatic rings. The first-order chi connectivity index (χ1) is 20.2. The molecule has 0 saturated carbocycles. The maximum Gasteiger partial charge on any atom is 0.333 e. The summed E-state index contributed by atoms with van der Waals surface area (Å²) in [5, 5.41) is 13.4. The van der Waals surface area contributed by atoms with Gasteiger partial charge in [0.15, 0.2) is 6.10 Å². The van der Waals surface area contributed by atoms with Crippen molar-refractivity contribution in [2.24, 2.45) is 0 Å². The third-order valence-electron chi connectivity index (χ3n) is 6.37. The molecule has 0 saturated heterocycles. The first-order valence-electron chi connectivity index (χ1n) is 13.9. The molecule has 42 heavy (non-hydrogen) atoms. The number of anilines is 1. The minimum atomic E-state index is -0.987. The average Bonchev–Trinajstić information content (AvgIpc) is 2.95. The van der Waals surface area contributed by atoms with E-state index in [0.717, 1.165) is 35.2 Å². The van der Waals surface area contributed by atoms with E-state index in [0.29, 0.717) is 55.3 Å². The molecule has 0 heterocycles. The van der Waals surface area contributed by atoms with Gasteiger partial charge in [-0.05, 0) is 80.3 Å². The minimum Gasteiger partial charge on any atom is -0.492 e. The van der Waals surface area contributed by atoms with Gasteiger partial charge in [0.05, 0.1) is 13.2 Å². The van der Waals surface area contributed by atoms with Crippen molar-refractivity contribution in [1.82, 2.24) is 4.90 Å². The minimum absolute atomic E-state index is 0.206. The molecular weight excluding hydrogens is 579 g/mol. The van der Waals surface area contributed by atoms with Gasteiger partial charge >= 0.3 is 12.0 Å². The fraction of sp³-hybridized carbons (Fsp3) is 0.375. The van der Waals surface area contributed by atoms with Crippen LogP contribution in [0.3, 0.4) is 0 Å². The van der Waals surface area contributed by atoms with Gasteiger partial charge in [-0.15, -0.1) is 0 Å². The second-order valence-electron chi connectivity index (χ2n) is 9.80. The molecule has 2 amide bonds. The summed E-state index contributed by atoms with van der Waals surface area (Å²) in [7, 11) is 0. The lowest BCUT2D eigenvalue weighted by Crippen LogP contribution is -2.38. The molecule has 226 valence electrons. The highest BCUT2D eigenvalue weighted by Crippen LogP contribution is 2.20. The Morgan fingerprint density at radius 3 is 2.24 bits per heavy atom. The van der Waals surface area contributed by atoms with Crippen LogP contribution in [0.2, 0.25) is 10.0 Å². The van der Waals surface area contributed by atoms with Crippen LogP contribution in [-0.2, 0) is 27.3 Å². The van der Waals surface area contributed by atoms with Gasteiger partial charge in [-0.2, -0.15) is 0 Å². The number of unbranched alkanes of at least 4 members (excludes halogenated alkanes) is 1. The molecule has 0 fully saturated rings. The maximum atomic E-state index is 13.1. The van der Waals surface area contributed by atoms with Crippen LogP contribution in [0.1, 0.15) is 36.5 Å². The van der Waals surface area contributed by atoms with Gasteiger partial charge in [-0.3, -0.25) is 0 Å². The number of aliphatic carboxylic acids is 1. The predicted octanol–water partition coefficient (Wildman–Crippen LogP) is 7.24. The van der Waals surface area contributed by atoms with E-state index in [1.54, 1.807) is 30.0 Å². The SMILES string of the molecule is CCOC(Cc1ccc(OCCN(CCCCOCc2cc(Cl)cc(Cl)c2)C(=O)Nc2ccc(C)cc2)cc1)C(=O)O. The number of amides is 2. The molecule has 3 rings (SSSR count). The summed E-state index contributed by atoms with van der Waals surface area (Å²) < 4.78 is 17.0. The van der Waals surface area contributed by atoms with Gasteiger partial charge in [0.2, 0.25) is 0 Å². The number of urea groups is 1. The Balaban J connectivity index is 1.49. The lowest BCUT2D eigenvalue weighted by molar-refractivity contribution is -0.149. The number of halogens is 2. The van der Waals surface area contributed by atoms with Crippen LogP contribution < -0.4 is 10.1 Å². The topological polar surface area (TPSA) is 97.3 Å². The van der Waals surface area contributed by atoms with Crippen LogP contribution >= 0.6 is 23.2 Å². The van der Waals surface area contributed by atoms with Crippen molar-refractivity contribution in [2.75, 3.05) is 38.2 Å². The van der Waals surface area contributed by atoms with Crippen molar-refractivity contribution < 1.29 is 28.9 Å². The molecule has 0 aromatic heterocycles. The van der Waals surface area contributed by atoms with E-state index in [2.05, 4.69) is 5.32 Å². The Hall–Kier alpha value is -3.30. The first kappa shape index (κ1) is 33.2. The Bertz CT molecular complexity index is 1250. The number of hydrogen-bond acceptors (Lipinski definition) is 5. The average molecular weight is 618 g/mol. The zero-order chi connectivity index (χ0) is 30.3. The van der Waals surface area contributed by atoms with E-state index in [4.69, 9.17) is 37.4 Å². The van der Waals surface area contributed by atoms with E-state index in [-0.39, 0.29) is 12.5 Å². The molecule has 1 unspecified atom stereocenters. The largest absolute Gasteiger partial charge is 0.492 e. The predicted molar refractivity (Wildman–Crippen MR) is 166 cm³/mol. The highest BCUT2D eigenvalue weighted by Gasteiger charge is 2.18. The number of benzene rings is 3. The molecule has 0 spiro atoms. The molecule has 8 nitrogen and oxygen atoms in total. The number of carbonyl (C=O) groups excluding carboxylic acids is 1. The molecule has 0 radical (unpaired) electrons. The van der Waals surface area contributed by atoms with Crippen molar-refractivity contribution in [2.45, 2.75) is 45.8 Å². The van der Waals surface area contributed by atoms with Gasteiger partial charge in [0, 0.05) is 41.9 Å². The third-order valence-corrected chi connectivity index (χ3v) is 6.80. The summed E-state index contributed by atoms with van der Waals surface area (Å²) >= 11 is 12.1. The molecule has 0 aliphatic heterocycles. The van der Waals surface area contributed by atoms with Crippen LogP contribution in [0.25, 0.3) is 0 Å². The summed E-state index contributed by atoms with van der Waals surface area (Å²) in [5.41, 5.74) is 3.58. The second kappa shape index (κ2) is 17.6. The van der Waals surface area contributed by atoms with Crippen molar-refractivity contribution in [1.29, 1.82) is 0 Å². The van der Waals surface area contributed by atoms with Gasteiger partial charge in [-0.25, -0.2) is 9.59 Å². The summed E-state index contributed by atoms with van der Waals surface area (Å²) in [4.78, 5) is 26.2. The molecule has 0 bridgehead atoms. The van der Waals surface area contributed by atoms with E-state index in [9.17, 15) is 14.7 Å². The van der Waals surface area contributed by atoms with E-state index < -0.39 is 12.1 Å². The van der Waals surface area contributed by atoms with Gasteiger partial charge in [0.25, 0.3) is 0 Å². The Labute approximate surface area is 257 Å². The quantitative estimate of drug-likeness (QED) is 0.155. The van der Waals surface area contributed by atoms with Crippen molar-refractivity contribution >= 4 is 40.9 Å². The summed E-state index contributed by atoms with van der Waals surface area (Å²) in [6.45, 7) is 6.24. The first-order valence-corrected chi connectivity index (χ1v) is 14.7. The summed E-state index contributed by atoms with van der Waals surface area (Å²) in [6, 6.07) is 20.0. The number of nitrogens with one attached hydrogen (secondary N) is 1. The number of hydrogen-bond donors (Lipinski definition) is 2. The van der Waals surface area contributed by atoms with Crippen LogP contribution in [0, 0.1) is 6.92 Å². The molecule has 1 atom stereocenters. The second-order valence-corrected chi connectivity index (χ2v) is 10.7. The van der Waals surface area contributed by atoms with Crippen molar-refractivity contribution in [3.63, 3.8) is 0 Å². The highest BCUT2D eigenvalue weighted by atomic mass is 35.5. The lowest BCUT2D eigenvalue weighted by atomic mass is 10.1. The number of carboxylic acids is 1. The maximum absolute atomic E-state index is 13.1. The highest BCUT2D eigenvalue weighted by molar-refractivity contribution is 6.34. The molecule has 3 aromatic carbocycles.